The second-order valence-electron chi connectivity index (χ2n) is 11.6. The quantitative estimate of drug-likeness (QED) is 0.127. The predicted octanol–water partition coefficient (Wildman–Crippen LogP) is 7.21. The van der Waals surface area contributed by atoms with Gasteiger partial charge in [0.05, 0.1) is 14.8 Å². The SMILES string of the molecule is Cc1ccc(S(=O)(=O)NCc2cc(CN(Cc3cccc(S(C)(=O)=O)c3)S(=O)(=O)c3cc(Cl)cc(Cl)c3O)cc(Oc3ccc(F)cc3)c2)cc1. The molecule has 0 saturated carbocycles. The standard InChI is InChI=1S/C35H31Cl2FN2O8S3/c1-23-6-12-31(13-7-23)50(44,45)39-20-25-14-26(16-30(15-25)48-29-10-8-28(38)9-11-29)22-40(21-24-4-3-5-32(17-24)49(2,42)43)51(46,47)34-19-27(36)18-33(37)35(34)41/h3-19,39,41H,20-22H2,1-2H3. The van der Waals surface area contributed by atoms with E-state index in [-0.39, 0.29) is 51.0 Å². The van der Waals surface area contributed by atoms with Gasteiger partial charge in [-0.3, -0.25) is 0 Å². The van der Waals surface area contributed by atoms with Crippen LogP contribution in [-0.4, -0.2) is 40.9 Å². The highest BCUT2D eigenvalue weighted by molar-refractivity contribution is 7.90. The lowest BCUT2D eigenvalue weighted by atomic mass is 10.1. The summed E-state index contributed by atoms with van der Waals surface area (Å²) in [5.74, 6) is -0.808. The molecule has 5 aromatic rings. The average molecular weight is 794 g/mol. The molecule has 0 saturated heterocycles. The van der Waals surface area contributed by atoms with Gasteiger partial charge < -0.3 is 9.84 Å². The number of aromatic hydroxyl groups is 1. The van der Waals surface area contributed by atoms with Crippen LogP contribution in [0.15, 0.2) is 118 Å². The first-order valence-electron chi connectivity index (χ1n) is 15.0. The highest BCUT2D eigenvalue weighted by atomic mass is 35.5. The fourth-order valence-electron chi connectivity index (χ4n) is 4.98. The van der Waals surface area contributed by atoms with E-state index >= 15 is 0 Å². The van der Waals surface area contributed by atoms with E-state index in [2.05, 4.69) is 4.72 Å². The number of rotatable bonds is 13. The third kappa shape index (κ3) is 9.65. The van der Waals surface area contributed by atoms with Gasteiger partial charge in [-0.25, -0.2) is 34.4 Å². The Labute approximate surface area is 306 Å². The molecule has 0 heterocycles. The molecule has 0 aromatic heterocycles. The fourth-order valence-corrected chi connectivity index (χ4v) is 8.85. The van der Waals surface area contributed by atoms with Gasteiger partial charge >= 0.3 is 0 Å². The van der Waals surface area contributed by atoms with Crippen LogP contribution in [0.25, 0.3) is 0 Å². The van der Waals surface area contributed by atoms with Crippen molar-refractivity contribution >= 4 is 53.1 Å². The van der Waals surface area contributed by atoms with E-state index in [4.69, 9.17) is 27.9 Å². The Balaban J connectivity index is 1.58. The number of phenolic OH excluding ortho intramolecular Hbond substituents is 1. The maximum atomic E-state index is 14.3. The molecule has 5 aromatic carbocycles. The van der Waals surface area contributed by atoms with Crippen molar-refractivity contribution in [3.8, 4) is 17.2 Å². The molecule has 16 heteroatoms. The first-order chi connectivity index (χ1) is 23.9. The second-order valence-corrected chi connectivity index (χ2v) is 18.1. The largest absolute Gasteiger partial charge is 0.505 e. The van der Waals surface area contributed by atoms with Crippen molar-refractivity contribution in [1.82, 2.24) is 9.03 Å². The van der Waals surface area contributed by atoms with E-state index in [1.807, 2.05) is 6.92 Å². The number of aryl methyl sites for hydroxylation is 1. The molecule has 0 radical (unpaired) electrons. The molecule has 0 fully saturated rings. The van der Waals surface area contributed by atoms with Gasteiger partial charge in [0, 0.05) is 30.9 Å². The summed E-state index contributed by atoms with van der Waals surface area (Å²) in [6, 6.07) is 24.0. The van der Waals surface area contributed by atoms with E-state index in [1.54, 1.807) is 30.3 Å². The number of nitrogens with zero attached hydrogens (tertiary/aromatic N) is 1. The molecule has 0 aliphatic rings. The monoisotopic (exact) mass is 792 g/mol. The van der Waals surface area contributed by atoms with Gasteiger partial charge in [0.25, 0.3) is 0 Å². The van der Waals surface area contributed by atoms with Gasteiger partial charge in [-0.05, 0) is 96.4 Å². The van der Waals surface area contributed by atoms with Gasteiger partial charge in [-0.2, -0.15) is 4.31 Å². The maximum Gasteiger partial charge on any atom is 0.247 e. The summed E-state index contributed by atoms with van der Waals surface area (Å²) in [5, 5.41) is 10.4. The third-order valence-electron chi connectivity index (χ3n) is 7.53. The number of benzene rings is 5. The van der Waals surface area contributed by atoms with Crippen LogP contribution < -0.4 is 9.46 Å². The Hall–Kier alpha value is -4.02. The number of hydrogen-bond donors (Lipinski definition) is 2. The molecule has 0 unspecified atom stereocenters. The summed E-state index contributed by atoms with van der Waals surface area (Å²) < 4.78 is 102. The minimum absolute atomic E-state index is 0.0381. The lowest BCUT2D eigenvalue weighted by Crippen LogP contribution is -2.30. The number of nitrogens with one attached hydrogen (secondary N) is 1. The van der Waals surface area contributed by atoms with E-state index in [0.717, 1.165) is 22.2 Å². The van der Waals surface area contributed by atoms with E-state index in [1.165, 1.54) is 66.7 Å². The van der Waals surface area contributed by atoms with Gasteiger partial charge in [-0.15, -0.1) is 0 Å². The molecule has 0 amide bonds. The van der Waals surface area contributed by atoms with Crippen molar-refractivity contribution in [2.75, 3.05) is 6.26 Å². The number of phenols is 1. The summed E-state index contributed by atoms with van der Waals surface area (Å²) in [7, 11) is -12.2. The average Bonchev–Trinajstić information content (AvgIpc) is 3.06. The van der Waals surface area contributed by atoms with Crippen LogP contribution in [0.5, 0.6) is 17.2 Å². The highest BCUT2D eigenvalue weighted by Gasteiger charge is 2.30. The number of ether oxygens (including phenoxy) is 1. The summed E-state index contributed by atoms with van der Waals surface area (Å²) in [4.78, 5) is -0.589. The summed E-state index contributed by atoms with van der Waals surface area (Å²) >= 11 is 12.2. The molecular weight excluding hydrogens is 762 g/mol. The molecular formula is C35H31Cl2FN2O8S3. The predicted molar refractivity (Wildman–Crippen MR) is 192 cm³/mol. The Bertz CT molecular complexity index is 2410. The molecule has 10 nitrogen and oxygen atoms in total. The van der Waals surface area contributed by atoms with Crippen LogP contribution in [0.1, 0.15) is 22.3 Å². The minimum atomic E-state index is -4.61. The van der Waals surface area contributed by atoms with Gasteiger partial charge in [0.15, 0.2) is 15.6 Å². The molecule has 268 valence electrons. The van der Waals surface area contributed by atoms with Crippen molar-refractivity contribution in [1.29, 1.82) is 0 Å². The van der Waals surface area contributed by atoms with E-state index in [0.29, 0.717) is 16.7 Å². The van der Waals surface area contributed by atoms with Crippen LogP contribution >= 0.6 is 23.2 Å². The zero-order valence-electron chi connectivity index (χ0n) is 27.0. The van der Waals surface area contributed by atoms with E-state index < -0.39 is 46.3 Å². The highest BCUT2D eigenvalue weighted by Crippen LogP contribution is 2.37. The van der Waals surface area contributed by atoms with E-state index in [9.17, 15) is 34.8 Å². The van der Waals surface area contributed by atoms with Gasteiger partial charge in [0.1, 0.15) is 22.2 Å². The lowest BCUT2D eigenvalue weighted by Gasteiger charge is -2.24. The lowest BCUT2D eigenvalue weighted by molar-refractivity contribution is 0.393. The molecule has 2 N–H and O–H groups in total. The molecule has 5 rings (SSSR count). The maximum absolute atomic E-state index is 14.3. The molecule has 51 heavy (non-hydrogen) atoms. The number of sulfone groups is 1. The fraction of sp³-hybridized carbons (Fsp3) is 0.143. The Kier molecular flexibility index (Phi) is 11.5. The van der Waals surface area contributed by atoms with Crippen molar-refractivity contribution < 1.29 is 39.5 Å². The normalized spacial score (nSPS) is 12.3. The molecule has 0 aliphatic heterocycles. The van der Waals surface area contributed by atoms with Gasteiger partial charge in [0.2, 0.25) is 20.0 Å². The van der Waals surface area contributed by atoms with Crippen LogP contribution in [0.4, 0.5) is 4.39 Å². The molecule has 0 bridgehead atoms. The summed E-state index contributed by atoms with van der Waals surface area (Å²) in [6.45, 7) is 0.852. The Morgan fingerprint density at radius 2 is 1.39 bits per heavy atom. The van der Waals surface area contributed by atoms with Crippen molar-refractivity contribution in [2.45, 2.75) is 41.2 Å². The van der Waals surface area contributed by atoms with Crippen LogP contribution in [0.3, 0.4) is 0 Å². The summed E-state index contributed by atoms with van der Waals surface area (Å²) in [5.41, 5.74) is 1.87. The van der Waals surface area contributed by atoms with Crippen LogP contribution in [0, 0.1) is 12.7 Å². The third-order valence-corrected chi connectivity index (χ3v) is 12.4. The molecule has 0 atom stereocenters. The smallest absolute Gasteiger partial charge is 0.247 e. The van der Waals surface area contributed by atoms with Gasteiger partial charge in [-0.1, -0.05) is 59.1 Å². The number of hydrogen-bond acceptors (Lipinski definition) is 8. The second kappa shape index (κ2) is 15.3. The number of halogens is 3. The summed E-state index contributed by atoms with van der Waals surface area (Å²) in [6.07, 6.45) is 1.02. The first-order valence-corrected chi connectivity index (χ1v) is 20.6. The minimum Gasteiger partial charge on any atom is -0.505 e. The van der Waals surface area contributed by atoms with Crippen LogP contribution in [0.2, 0.25) is 10.0 Å². The van der Waals surface area contributed by atoms with Crippen molar-refractivity contribution in [3.63, 3.8) is 0 Å². The molecule has 0 spiro atoms. The first kappa shape index (κ1) is 38.2. The Morgan fingerprint density at radius 3 is 2.06 bits per heavy atom. The number of sulfonamides is 2. The van der Waals surface area contributed by atoms with Crippen molar-refractivity contribution in [3.05, 3.63) is 141 Å². The zero-order valence-corrected chi connectivity index (χ0v) is 31.0. The topological polar surface area (TPSA) is 147 Å². The van der Waals surface area contributed by atoms with Crippen LogP contribution in [-0.2, 0) is 49.5 Å². The van der Waals surface area contributed by atoms with Crippen molar-refractivity contribution in [2.24, 2.45) is 0 Å². The molecule has 0 aliphatic carbocycles. The zero-order chi connectivity index (χ0) is 37.1. The Morgan fingerprint density at radius 1 is 0.745 bits per heavy atom.